The summed E-state index contributed by atoms with van der Waals surface area (Å²) in [6.45, 7) is 2.52. The number of rotatable bonds is 6. The van der Waals surface area contributed by atoms with Gasteiger partial charge in [-0.3, -0.25) is 4.90 Å². The molecule has 0 amide bonds. The van der Waals surface area contributed by atoms with E-state index in [2.05, 4.69) is 10.2 Å². The van der Waals surface area contributed by atoms with Gasteiger partial charge in [0.25, 0.3) is 6.43 Å². The quantitative estimate of drug-likeness (QED) is 0.868. The Bertz CT molecular complexity index is 397. The minimum atomic E-state index is -2.43. The van der Waals surface area contributed by atoms with Crippen LogP contribution in [0.2, 0.25) is 0 Å². The lowest BCUT2D eigenvalue weighted by atomic mass is 10.1. The molecule has 1 aromatic carbocycles. The van der Waals surface area contributed by atoms with Gasteiger partial charge in [0.15, 0.2) is 0 Å². The number of likely N-dealkylation sites (N-methyl/N-ethyl adjacent to an activating group) is 1. The second-order valence-electron chi connectivity index (χ2n) is 5.21. The lowest BCUT2D eigenvalue weighted by Gasteiger charge is -2.32. The molecule has 20 heavy (non-hydrogen) atoms. The van der Waals surface area contributed by atoms with Gasteiger partial charge in [0.2, 0.25) is 0 Å². The molecule has 0 saturated carbocycles. The van der Waals surface area contributed by atoms with Crippen LogP contribution in [0.5, 0.6) is 5.75 Å². The first-order valence-corrected chi connectivity index (χ1v) is 7.07. The van der Waals surface area contributed by atoms with E-state index in [-0.39, 0.29) is 0 Å². The molecule has 1 N–H and O–H groups in total. The molecule has 5 heteroatoms. The molecule has 3 nitrogen and oxygen atoms in total. The van der Waals surface area contributed by atoms with Gasteiger partial charge in [-0.15, -0.1) is 0 Å². The third-order valence-electron chi connectivity index (χ3n) is 3.62. The fraction of sp³-hybridized carbons (Fsp3) is 0.600. The van der Waals surface area contributed by atoms with E-state index in [0.717, 1.165) is 19.6 Å². The van der Waals surface area contributed by atoms with Crippen LogP contribution < -0.4 is 10.1 Å². The molecule has 1 atom stereocenters. The zero-order valence-corrected chi connectivity index (χ0v) is 11.8. The van der Waals surface area contributed by atoms with Gasteiger partial charge in [0, 0.05) is 19.1 Å². The van der Waals surface area contributed by atoms with Gasteiger partial charge in [-0.2, -0.15) is 0 Å². The second kappa shape index (κ2) is 7.55. The summed E-state index contributed by atoms with van der Waals surface area (Å²) in [7, 11) is 2.00. The monoisotopic (exact) mass is 284 g/mol. The fourth-order valence-corrected chi connectivity index (χ4v) is 2.54. The highest BCUT2D eigenvalue weighted by Gasteiger charge is 2.18. The number of hydrogen-bond acceptors (Lipinski definition) is 3. The fourth-order valence-electron chi connectivity index (χ4n) is 2.54. The Balaban J connectivity index is 1.83. The van der Waals surface area contributed by atoms with Crippen LogP contribution in [0.4, 0.5) is 8.78 Å². The van der Waals surface area contributed by atoms with Crippen molar-refractivity contribution in [2.75, 3.05) is 26.7 Å². The molecule has 0 bridgehead atoms. The highest BCUT2D eigenvalue weighted by Crippen LogP contribution is 2.17. The summed E-state index contributed by atoms with van der Waals surface area (Å²) in [6.07, 6.45) is 0.00982. The Labute approximate surface area is 118 Å². The number of hydrogen-bond donors (Lipinski definition) is 1. The summed E-state index contributed by atoms with van der Waals surface area (Å²) in [5.74, 6) is 0.501. The molecule has 1 heterocycles. The minimum absolute atomic E-state index is 0.501. The summed E-state index contributed by atoms with van der Waals surface area (Å²) in [5.41, 5.74) is 1.19. The van der Waals surface area contributed by atoms with E-state index in [1.165, 1.54) is 18.4 Å². The van der Waals surface area contributed by atoms with Gasteiger partial charge < -0.3 is 10.1 Å². The van der Waals surface area contributed by atoms with Crippen molar-refractivity contribution >= 4 is 0 Å². The van der Waals surface area contributed by atoms with E-state index < -0.39 is 13.0 Å². The molecule has 1 aliphatic rings. The van der Waals surface area contributed by atoms with Gasteiger partial charge >= 0.3 is 0 Å². The number of piperidine rings is 1. The lowest BCUT2D eigenvalue weighted by molar-refractivity contribution is 0.0819. The smallest absolute Gasteiger partial charge is 0.272 e. The zero-order chi connectivity index (χ0) is 14.4. The molecular weight excluding hydrogens is 262 g/mol. The number of benzene rings is 1. The van der Waals surface area contributed by atoms with Crippen LogP contribution in [-0.2, 0) is 6.54 Å². The van der Waals surface area contributed by atoms with Crippen LogP contribution >= 0.6 is 0 Å². The lowest BCUT2D eigenvalue weighted by Crippen LogP contribution is -2.43. The van der Waals surface area contributed by atoms with Crippen molar-refractivity contribution in [3.05, 3.63) is 29.8 Å². The topological polar surface area (TPSA) is 24.5 Å². The third kappa shape index (κ3) is 4.72. The Kier molecular flexibility index (Phi) is 5.73. The van der Waals surface area contributed by atoms with E-state index >= 15 is 0 Å². The maximum Gasteiger partial charge on any atom is 0.272 e. The van der Waals surface area contributed by atoms with Crippen molar-refractivity contribution in [3.63, 3.8) is 0 Å². The van der Waals surface area contributed by atoms with Crippen molar-refractivity contribution in [2.24, 2.45) is 0 Å². The first-order chi connectivity index (χ1) is 9.67. The van der Waals surface area contributed by atoms with Crippen LogP contribution in [0.1, 0.15) is 18.4 Å². The Morgan fingerprint density at radius 3 is 2.75 bits per heavy atom. The Morgan fingerprint density at radius 2 is 2.10 bits per heavy atom. The molecular formula is C15H22F2N2O. The van der Waals surface area contributed by atoms with Crippen molar-refractivity contribution in [2.45, 2.75) is 31.9 Å². The molecule has 0 aromatic heterocycles. The average molecular weight is 284 g/mol. The molecule has 1 aromatic rings. The summed E-state index contributed by atoms with van der Waals surface area (Å²) < 4.78 is 29.1. The van der Waals surface area contributed by atoms with Crippen LogP contribution in [0, 0.1) is 0 Å². The van der Waals surface area contributed by atoms with E-state index in [9.17, 15) is 8.78 Å². The Morgan fingerprint density at radius 1 is 1.35 bits per heavy atom. The minimum Gasteiger partial charge on any atom is -0.488 e. The van der Waals surface area contributed by atoms with Crippen molar-refractivity contribution in [3.8, 4) is 5.75 Å². The van der Waals surface area contributed by atoms with Crippen LogP contribution in [0.15, 0.2) is 24.3 Å². The predicted octanol–water partition coefficient (Wildman–Crippen LogP) is 2.51. The molecule has 1 aliphatic heterocycles. The van der Waals surface area contributed by atoms with Crippen LogP contribution in [0.3, 0.4) is 0 Å². The van der Waals surface area contributed by atoms with Crippen LogP contribution in [0.25, 0.3) is 0 Å². The van der Waals surface area contributed by atoms with Crippen LogP contribution in [-0.4, -0.2) is 44.1 Å². The highest BCUT2D eigenvalue weighted by molar-refractivity contribution is 5.27. The number of nitrogens with one attached hydrogen (secondary N) is 1. The molecule has 112 valence electrons. The second-order valence-corrected chi connectivity index (χ2v) is 5.21. The van der Waals surface area contributed by atoms with E-state index in [1.54, 1.807) is 12.1 Å². The molecule has 0 radical (unpaired) electrons. The zero-order valence-electron chi connectivity index (χ0n) is 11.8. The number of ether oxygens (including phenoxy) is 1. The van der Waals surface area contributed by atoms with E-state index in [0.29, 0.717) is 11.8 Å². The van der Waals surface area contributed by atoms with E-state index in [4.69, 9.17) is 4.74 Å². The SMILES string of the molecule is CNC1CCCN(Cc2ccc(OCC(F)F)cc2)C1. The average Bonchev–Trinajstić information content (AvgIpc) is 2.47. The Hall–Kier alpha value is -1.20. The van der Waals surface area contributed by atoms with Gasteiger partial charge in [0.05, 0.1) is 0 Å². The maximum absolute atomic E-state index is 12.0. The first kappa shape index (κ1) is 15.2. The summed E-state index contributed by atoms with van der Waals surface area (Å²) >= 11 is 0. The summed E-state index contributed by atoms with van der Waals surface area (Å²) in [5, 5.41) is 3.32. The maximum atomic E-state index is 12.0. The van der Waals surface area contributed by atoms with Gasteiger partial charge in [0.1, 0.15) is 12.4 Å². The normalized spacial score (nSPS) is 20.3. The summed E-state index contributed by atoms with van der Waals surface area (Å²) in [4.78, 5) is 2.42. The highest BCUT2D eigenvalue weighted by atomic mass is 19.3. The molecule has 1 saturated heterocycles. The molecule has 2 rings (SSSR count). The number of alkyl halides is 2. The molecule has 1 unspecified atom stereocenters. The largest absolute Gasteiger partial charge is 0.488 e. The van der Waals surface area contributed by atoms with Crippen molar-refractivity contribution in [1.29, 1.82) is 0 Å². The van der Waals surface area contributed by atoms with Gasteiger partial charge in [-0.1, -0.05) is 12.1 Å². The number of nitrogens with zero attached hydrogens (tertiary/aromatic N) is 1. The van der Waals surface area contributed by atoms with Gasteiger partial charge in [-0.25, -0.2) is 8.78 Å². The predicted molar refractivity (Wildman–Crippen MR) is 75.3 cm³/mol. The van der Waals surface area contributed by atoms with Gasteiger partial charge in [-0.05, 0) is 44.1 Å². The molecule has 1 fully saturated rings. The molecule has 0 spiro atoms. The van der Waals surface area contributed by atoms with Crippen molar-refractivity contribution < 1.29 is 13.5 Å². The first-order valence-electron chi connectivity index (χ1n) is 7.07. The number of likely N-dealkylation sites (tertiary alicyclic amines) is 1. The molecule has 0 aliphatic carbocycles. The van der Waals surface area contributed by atoms with E-state index in [1.807, 2.05) is 19.2 Å². The summed E-state index contributed by atoms with van der Waals surface area (Å²) in [6, 6.07) is 7.99. The van der Waals surface area contributed by atoms with Crippen molar-refractivity contribution in [1.82, 2.24) is 10.2 Å². The third-order valence-corrected chi connectivity index (χ3v) is 3.62. The number of halogens is 2. The standard InChI is InChI=1S/C15H22F2N2O/c1-18-13-3-2-8-19(10-13)9-12-4-6-14(7-5-12)20-11-15(16)17/h4-7,13,15,18H,2-3,8-11H2,1H3.